The van der Waals surface area contributed by atoms with Crippen LogP contribution in [0.25, 0.3) is 11.1 Å². The van der Waals surface area contributed by atoms with E-state index in [1.165, 1.54) is 19.3 Å². The van der Waals surface area contributed by atoms with Crippen LogP contribution in [0.15, 0.2) is 33.9 Å². The average Bonchev–Trinajstić information content (AvgIpc) is 2.98. The van der Waals surface area contributed by atoms with Gasteiger partial charge in [-0.05, 0) is 43.4 Å². The van der Waals surface area contributed by atoms with Crippen molar-refractivity contribution in [3.8, 4) is 0 Å². The number of hydrogen-bond acceptors (Lipinski definition) is 4. The van der Waals surface area contributed by atoms with E-state index < -0.39 is 0 Å². The number of nitrogens with zero attached hydrogens (tertiary/aromatic N) is 1. The number of oxazole rings is 1. The summed E-state index contributed by atoms with van der Waals surface area (Å²) >= 11 is 1.80. The predicted molar refractivity (Wildman–Crippen MR) is 88.8 cm³/mol. The lowest BCUT2D eigenvalue weighted by molar-refractivity contribution is 0.287. The topological polar surface area (TPSA) is 38.1 Å². The quantitative estimate of drug-likeness (QED) is 0.884. The van der Waals surface area contributed by atoms with Gasteiger partial charge < -0.3 is 9.73 Å². The summed E-state index contributed by atoms with van der Waals surface area (Å²) in [6.45, 7) is 8.04. The molecule has 1 aromatic heterocycles. The van der Waals surface area contributed by atoms with Crippen LogP contribution in [0.1, 0.15) is 40.0 Å². The molecule has 114 valence electrons. The lowest BCUT2D eigenvalue weighted by atomic mass is 9.87. The molecule has 2 aromatic rings. The molecule has 1 aromatic carbocycles. The van der Waals surface area contributed by atoms with Crippen LogP contribution in [-0.2, 0) is 0 Å². The fourth-order valence-electron chi connectivity index (χ4n) is 3.21. The second-order valence-corrected chi connectivity index (χ2v) is 7.75. The van der Waals surface area contributed by atoms with Crippen molar-refractivity contribution < 1.29 is 4.42 Å². The Hall–Kier alpha value is -1.00. The van der Waals surface area contributed by atoms with Crippen LogP contribution in [0.3, 0.4) is 0 Å². The van der Waals surface area contributed by atoms with Crippen LogP contribution < -0.4 is 5.32 Å². The number of benzene rings is 1. The normalized spacial score (nSPS) is 24.7. The SMILES string of the molecule is CCCNC1C(Sc2nc3ccccc3o2)CCC1(C)C. The molecule has 1 aliphatic carbocycles. The van der Waals surface area contributed by atoms with Gasteiger partial charge in [0.2, 0.25) is 0 Å². The van der Waals surface area contributed by atoms with Gasteiger partial charge in [0.25, 0.3) is 5.22 Å². The summed E-state index contributed by atoms with van der Waals surface area (Å²) in [5.41, 5.74) is 2.18. The van der Waals surface area contributed by atoms with E-state index in [1.54, 1.807) is 11.8 Å². The largest absolute Gasteiger partial charge is 0.431 e. The van der Waals surface area contributed by atoms with Gasteiger partial charge in [0.1, 0.15) is 5.52 Å². The van der Waals surface area contributed by atoms with Crippen LogP contribution in [0, 0.1) is 5.41 Å². The molecule has 1 heterocycles. The van der Waals surface area contributed by atoms with Crippen LogP contribution in [0.2, 0.25) is 0 Å². The Kier molecular flexibility index (Phi) is 4.27. The molecule has 1 saturated carbocycles. The van der Waals surface area contributed by atoms with E-state index in [9.17, 15) is 0 Å². The summed E-state index contributed by atoms with van der Waals surface area (Å²) < 4.78 is 5.88. The first-order valence-corrected chi connectivity index (χ1v) is 8.74. The first-order chi connectivity index (χ1) is 10.1. The van der Waals surface area contributed by atoms with Gasteiger partial charge in [0.15, 0.2) is 5.58 Å². The van der Waals surface area contributed by atoms with E-state index >= 15 is 0 Å². The van der Waals surface area contributed by atoms with Crippen molar-refractivity contribution in [2.75, 3.05) is 6.54 Å². The van der Waals surface area contributed by atoms with Crippen LogP contribution in [0.5, 0.6) is 0 Å². The van der Waals surface area contributed by atoms with Gasteiger partial charge in [-0.15, -0.1) is 0 Å². The lowest BCUT2D eigenvalue weighted by Gasteiger charge is -2.31. The fraction of sp³-hybridized carbons (Fsp3) is 0.588. The minimum absolute atomic E-state index is 0.346. The maximum absolute atomic E-state index is 5.88. The molecule has 0 radical (unpaired) electrons. The molecular weight excluding hydrogens is 280 g/mol. The van der Waals surface area contributed by atoms with E-state index in [2.05, 4.69) is 31.1 Å². The third-order valence-electron chi connectivity index (χ3n) is 4.43. The highest BCUT2D eigenvalue weighted by Crippen LogP contribution is 2.45. The fourth-order valence-corrected chi connectivity index (χ4v) is 4.59. The Morgan fingerprint density at radius 1 is 1.38 bits per heavy atom. The maximum atomic E-state index is 5.88. The molecule has 2 unspecified atom stereocenters. The molecule has 0 bridgehead atoms. The Balaban J connectivity index is 1.76. The van der Waals surface area contributed by atoms with Crippen molar-refractivity contribution in [2.45, 2.75) is 56.5 Å². The third-order valence-corrected chi connectivity index (χ3v) is 5.61. The second-order valence-electron chi connectivity index (χ2n) is 6.56. The summed E-state index contributed by atoms with van der Waals surface area (Å²) in [4.78, 5) is 4.61. The van der Waals surface area contributed by atoms with Gasteiger partial charge in [-0.25, -0.2) is 4.98 Å². The van der Waals surface area contributed by atoms with Gasteiger partial charge in [-0.2, -0.15) is 0 Å². The van der Waals surface area contributed by atoms with E-state index in [0.29, 0.717) is 16.7 Å². The zero-order valence-corrected chi connectivity index (χ0v) is 13.9. The molecule has 0 saturated heterocycles. The van der Waals surface area contributed by atoms with Gasteiger partial charge in [0.05, 0.1) is 0 Å². The predicted octanol–water partition coefficient (Wildman–Crippen LogP) is 4.48. The highest BCUT2D eigenvalue weighted by atomic mass is 32.2. The lowest BCUT2D eigenvalue weighted by Crippen LogP contribution is -2.43. The van der Waals surface area contributed by atoms with Crippen molar-refractivity contribution in [1.82, 2.24) is 10.3 Å². The zero-order chi connectivity index (χ0) is 14.9. The molecule has 1 aliphatic rings. The molecule has 0 aliphatic heterocycles. The number of para-hydroxylation sites is 2. The van der Waals surface area contributed by atoms with Crippen LogP contribution in [-0.4, -0.2) is 22.8 Å². The molecule has 3 nitrogen and oxygen atoms in total. The molecule has 1 fully saturated rings. The van der Waals surface area contributed by atoms with Crippen molar-refractivity contribution in [3.05, 3.63) is 24.3 Å². The molecule has 2 atom stereocenters. The Bertz CT molecular complexity index is 575. The van der Waals surface area contributed by atoms with E-state index in [1.807, 2.05) is 24.3 Å². The summed E-state index contributed by atoms with van der Waals surface area (Å²) in [6, 6.07) is 8.51. The molecule has 0 spiro atoms. The second kappa shape index (κ2) is 6.01. The van der Waals surface area contributed by atoms with Crippen LogP contribution >= 0.6 is 11.8 Å². The monoisotopic (exact) mass is 304 g/mol. The molecule has 21 heavy (non-hydrogen) atoms. The number of thioether (sulfide) groups is 1. The minimum atomic E-state index is 0.346. The zero-order valence-electron chi connectivity index (χ0n) is 13.1. The van der Waals surface area contributed by atoms with Gasteiger partial charge in [0, 0.05) is 11.3 Å². The van der Waals surface area contributed by atoms with E-state index in [-0.39, 0.29) is 0 Å². The smallest absolute Gasteiger partial charge is 0.257 e. The van der Waals surface area contributed by atoms with E-state index in [4.69, 9.17) is 4.42 Å². The van der Waals surface area contributed by atoms with Crippen molar-refractivity contribution in [3.63, 3.8) is 0 Å². The van der Waals surface area contributed by atoms with Gasteiger partial charge in [-0.1, -0.05) is 44.7 Å². The number of rotatable bonds is 5. The Morgan fingerprint density at radius 2 is 2.19 bits per heavy atom. The van der Waals surface area contributed by atoms with Crippen molar-refractivity contribution >= 4 is 22.9 Å². The average molecular weight is 304 g/mol. The summed E-state index contributed by atoms with van der Waals surface area (Å²) in [7, 11) is 0. The standard InChI is InChI=1S/C17H24N2OS/c1-4-11-18-15-14(9-10-17(15,2)3)21-16-19-12-7-5-6-8-13(12)20-16/h5-8,14-15,18H,4,9-11H2,1-3H3. The van der Waals surface area contributed by atoms with E-state index in [0.717, 1.165) is 22.9 Å². The number of aromatic nitrogens is 1. The van der Waals surface area contributed by atoms with Crippen LogP contribution in [0.4, 0.5) is 0 Å². The Morgan fingerprint density at radius 3 is 2.95 bits per heavy atom. The Labute approximate surface area is 130 Å². The van der Waals surface area contributed by atoms with Gasteiger partial charge >= 0.3 is 0 Å². The first kappa shape index (κ1) is 14.9. The molecule has 4 heteroatoms. The summed E-state index contributed by atoms with van der Waals surface area (Å²) in [5.74, 6) is 0. The number of fused-ring (bicyclic) bond motifs is 1. The summed E-state index contributed by atoms with van der Waals surface area (Å²) in [6.07, 6.45) is 3.65. The third kappa shape index (κ3) is 3.11. The first-order valence-electron chi connectivity index (χ1n) is 7.86. The van der Waals surface area contributed by atoms with Gasteiger partial charge in [-0.3, -0.25) is 0 Å². The van der Waals surface area contributed by atoms with Crippen molar-refractivity contribution in [2.24, 2.45) is 5.41 Å². The highest BCUT2D eigenvalue weighted by Gasteiger charge is 2.42. The maximum Gasteiger partial charge on any atom is 0.257 e. The van der Waals surface area contributed by atoms with Crippen molar-refractivity contribution in [1.29, 1.82) is 0 Å². The molecule has 0 amide bonds. The summed E-state index contributed by atoms with van der Waals surface area (Å²) in [5, 5.41) is 5.08. The number of nitrogens with one attached hydrogen (secondary N) is 1. The molecule has 1 N–H and O–H groups in total. The molecule has 3 rings (SSSR count). The minimum Gasteiger partial charge on any atom is -0.431 e. The molecular formula is C17H24N2OS. The highest BCUT2D eigenvalue weighted by molar-refractivity contribution is 7.99. The number of hydrogen-bond donors (Lipinski definition) is 1.